The van der Waals surface area contributed by atoms with Crippen molar-refractivity contribution in [2.45, 2.75) is 26.5 Å². The second-order valence-corrected chi connectivity index (χ2v) is 7.26. The van der Waals surface area contributed by atoms with Crippen LogP contribution in [0.15, 0.2) is 47.5 Å². The molecule has 0 N–H and O–H groups in total. The molecule has 3 aromatic rings. The third kappa shape index (κ3) is 4.61. The third-order valence-electron chi connectivity index (χ3n) is 3.83. The predicted molar refractivity (Wildman–Crippen MR) is 104 cm³/mol. The van der Waals surface area contributed by atoms with Crippen LogP contribution in [0, 0.1) is 5.82 Å². The van der Waals surface area contributed by atoms with Gasteiger partial charge in [0.1, 0.15) is 11.6 Å². The van der Waals surface area contributed by atoms with Gasteiger partial charge in [-0.2, -0.15) is 4.99 Å². The first-order valence-corrected chi connectivity index (χ1v) is 9.43. The fraction of sp³-hybridized carbons (Fsp3) is 0.300. The van der Waals surface area contributed by atoms with Crippen molar-refractivity contribution >= 4 is 27.5 Å². The molecule has 3 rings (SSSR count). The maximum Gasteiger partial charge on any atom is 0.279 e. The number of rotatable bonds is 6. The summed E-state index contributed by atoms with van der Waals surface area (Å²) in [5.74, 6) is 0.0274. The van der Waals surface area contributed by atoms with Crippen LogP contribution in [0.4, 0.5) is 4.39 Å². The maximum absolute atomic E-state index is 13.5. The number of nitrogens with zero attached hydrogens (tertiary/aromatic N) is 2. The third-order valence-corrected chi connectivity index (χ3v) is 4.88. The van der Waals surface area contributed by atoms with Crippen molar-refractivity contribution in [3.8, 4) is 5.75 Å². The summed E-state index contributed by atoms with van der Waals surface area (Å²) in [7, 11) is 1.61. The lowest BCUT2D eigenvalue weighted by Gasteiger charge is -2.09. The quantitative estimate of drug-likeness (QED) is 0.641. The average molecular weight is 388 g/mol. The Morgan fingerprint density at radius 1 is 1.22 bits per heavy atom. The molecule has 27 heavy (non-hydrogen) atoms. The number of amides is 1. The van der Waals surface area contributed by atoms with Crippen molar-refractivity contribution in [1.82, 2.24) is 4.57 Å². The molecule has 142 valence electrons. The highest BCUT2D eigenvalue weighted by atomic mass is 32.1. The van der Waals surface area contributed by atoms with Gasteiger partial charge in [0.25, 0.3) is 5.91 Å². The zero-order valence-electron chi connectivity index (χ0n) is 15.4. The lowest BCUT2D eigenvalue weighted by molar-refractivity contribution is 0.0997. The zero-order valence-corrected chi connectivity index (χ0v) is 16.3. The van der Waals surface area contributed by atoms with Crippen molar-refractivity contribution in [1.29, 1.82) is 0 Å². The van der Waals surface area contributed by atoms with E-state index in [2.05, 4.69) is 4.99 Å². The molecular formula is C20H21FN2O3S. The summed E-state index contributed by atoms with van der Waals surface area (Å²) < 4.78 is 26.9. The number of benzene rings is 2. The van der Waals surface area contributed by atoms with Crippen LogP contribution in [-0.2, 0) is 11.3 Å². The zero-order chi connectivity index (χ0) is 19.4. The molecule has 0 spiro atoms. The minimum atomic E-state index is -0.357. The molecule has 0 aliphatic heterocycles. The Bertz CT molecular complexity index is 1010. The number of hydrogen-bond donors (Lipinski definition) is 0. The van der Waals surface area contributed by atoms with Crippen LogP contribution in [0.2, 0.25) is 0 Å². The Balaban J connectivity index is 1.97. The van der Waals surface area contributed by atoms with E-state index in [1.165, 1.54) is 23.5 Å². The Morgan fingerprint density at radius 2 is 1.96 bits per heavy atom. The van der Waals surface area contributed by atoms with Gasteiger partial charge in [0.15, 0.2) is 4.80 Å². The first-order valence-electron chi connectivity index (χ1n) is 8.61. The van der Waals surface area contributed by atoms with Crippen LogP contribution in [0.5, 0.6) is 5.75 Å². The maximum atomic E-state index is 13.5. The van der Waals surface area contributed by atoms with Crippen LogP contribution in [-0.4, -0.2) is 30.3 Å². The van der Waals surface area contributed by atoms with E-state index in [0.29, 0.717) is 29.3 Å². The van der Waals surface area contributed by atoms with Gasteiger partial charge in [0, 0.05) is 19.2 Å². The molecule has 0 fully saturated rings. The van der Waals surface area contributed by atoms with Crippen LogP contribution in [0.1, 0.15) is 24.2 Å². The van der Waals surface area contributed by atoms with Gasteiger partial charge in [-0.15, -0.1) is 0 Å². The second-order valence-electron chi connectivity index (χ2n) is 6.25. The highest BCUT2D eigenvalue weighted by Crippen LogP contribution is 2.19. The molecule has 0 unspecified atom stereocenters. The number of carbonyl (C=O) groups excluding carboxylic acids is 1. The first-order chi connectivity index (χ1) is 13.0. The number of ether oxygens (including phenoxy) is 2. The summed E-state index contributed by atoms with van der Waals surface area (Å²) in [6.45, 7) is 4.87. The summed E-state index contributed by atoms with van der Waals surface area (Å²) >= 11 is 1.28. The minimum absolute atomic E-state index is 0.0647. The molecule has 7 heteroatoms. The number of aromatic nitrogens is 1. The van der Waals surface area contributed by atoms with Crippen LogP contribution in [0.3, 0.4) is 0 Å². The molecule has 0 aliphatic carbocycles. The molecular weight excluding hydrogens is 367 g/mol. The summed E-state index contributed by atoms with van der Waals surface area (Å²) in [4.78, 5) is 17.4. The molecule has 5 nitrogen and oxygen atoms in total. The lowest BCUT2D eigenvalue weighted by Crippen LogP contribution is -2.19. The first kappa shape index (κ1) is 19.3. The highest BCUT2D eigenvalue weighted by Gasteiger charge is 2.10. The molecule has 1 amide bonds. The highest BCUT2D eigenvalue weighted by molar-refractivity contribution is 7.16. The number of hydrogen-bond acceptors (Lipinski definition) is 4. The topological polar surface area (TPSA) is 52.8 Å². The Morgan fingerprint density at radius 3 is 2.63 bits per heavy atom. The van der Waals surface area contributed by atoms with Crippen molar-refractivity contribution in [2.75, 3.05) is 13.7 Å². The monoisotopic (exact) mass is 388 g/mol. The van der Waals surface area contributed by atoms with Gasteiger partial charge in [0.05, 0.1) is 22.9 Å². The van der Waals surface area contributed by atoms with Crippen molar-refractivity contribution in [2.24, 2.45) is 4.99 Å². The van der Waals surface area contributed by atoms with Gasteiger partial charge >= 0.3 is 0 Å². The minimum Gasteiger partial charge on any atom is -0.491 e. The van der Waals surface area contributed by atoms with Crippen molar-refractivity contribution in [3.63, 3.8) is 0 Å². The Labute approximate surface area is 160 Å². The van der Waals surface area contributed by atoms with E-state index < -0.39 is 0 Å². The molecule has 0 saturated heterocycles. The molecule has 0 atom stereocenters. The lowest BCUT2D eigenvalue weighted by atomic mass is 10.2. The van der Waals surface area contributed by atoms with Crippen LogP contribution in [0.25, 0.3) is 10.2 Å². The van der Waals surface area contributed by atoms with E-state index in [0.717, 1.165) is 10.2 Å². The van der Waals surface area contributed by atoms with E-state index in [-0.39, 0.29) is 17.8 Å². The number of halogens is 1. The predicted octanol–water partition coefficient (Wildman–Crippen LogP) is 4.02. The van der Waals surface area contributed by atoms with Gasteiger partial charge in [-0.1, -0.05) is 11.3 Å². The molecule has 1 aromatic heterocycles. The molecule has 1 heterocycles. The summed E-state index contributed by atoms with van der Waals surface area (Å²) in [5.41, 5.74) is 1.29. The molecule has 0 saturated carbocycles. The van der Waals surface area contributed by atoms with E-state index in [1.54, 1.807) is 37.4 Å². The number of methoxy groups -OCH3 is 1. The van der Waals surface area contributed by atoms with Crippen LogP contribution >= 0.6 is 11.3 Å². The summed E-state index contributed by atoms with van der Waals surface area (Å²) in [6.07, 6.45) is 0.0647. The largest absolute Gasteiger partial charge is 0.491 e. The SMILES string of the molecule is COCCn1c(=NC(=O)c2ccc(OC(C)C)cc2)sc2cc(F)ccc21. The van der Waals surface area contributed by atoms with Gasteiger partial charge in [-0.25, -0.2) is 4.39 Å². The van der Waals surface area contributed by atoms with E-state index in [1.807, 2.05) is 18.4 Å². The molecule has 0 radical (unpaired) electrons. The molecule has 0 aliphatic rings. The van der Waals surface area contributed by atoms with E-state index in [4.69, 9.17) is 9.47 Å². The van der Waals surface area contributed by atoms with Gasteiger partial charge in [-0.3, -0.25) is 4.79 Å². The molecule has 0 bridgehead atoms. The fourth-order valence-electron chi connectivity index (χ4n) is 2.63. The van der Waals surface area contributed by atoms with E-state index >= 15 is 0 Å². The van der Waals surface area contributed by atoms with Crippen molar-refractivity contribution < 1.29 is 18.7 Å². The average Bonchev–Trinajstić information content (AvgIpc) is 2.96. The van der Waals surface area contributed by atoms with Crippen molar-refractivity contribution in [3.05, 3.63) is 58.6 Å². The number of thiazole rings is 1. The Hall–Kier alpha value is -2.51. The Kier molecular flexibility index (Phi) is 6.03. The normalized spacial score (nSPS) is 12.1. The summed E-state index contributed by atoms with van der Waals surface area (Å²) in [6, 6.07) is 11.4. The fourth-order valence-corrected chi connectivity index (χ4v) is 3.71. The van der Waals surface area contributed by atoms with E-state index in [9.17, 15) is 9.18 Å². The van der Waals surface area contributed by atoms with Gasteiger partial charge in [-0.05, 0) is 56.3 Å². The number of carbonyl (C=O) groups is 1. The van der Waals surface area contributed by atoms with Gasteiger partial charge in [0.2, 0.25) is 0 Å². The standard InChI is InChI=1S/C20H21FN2O3S/c1-13(2)26-16-7-4-14(5-8-16)19(24)22-20-23(10-11-25-3)17-9-6-15(21)12-18(17)27-20/h4-9,12-13H,10-11H2,1-3H3. The summed E-state index contributed by atoms with van der Waals surface area (Å²) in [5, 5.41) is 0. The molecule has 2 aromatic carbocycles. The smallest absolute Gasteiger partial charge is 0.279 e. The van der Waals surface area contributed by atoms with Gasteiger partial charge < -0.3 is 14.0 Å². The number of fused-ring (bicyclic) bond motifs is 1. The second kappa shape index (κ2) is 8.45. The van der Waals surface area contributed by atoms with Crippen LogP contribution < -0.4 is 9.54 Å².